The molecule has 2 saturated carbocycles. The molecule has 178 valence electrons. The van der Waals surface area contributed by atoms with Gasteiger partial charge in [-0.15, -0.1) is 0 Å². The number of ether oxygens (including phenoxy) is 1. The van der Waals surface area contributed by atoms with E-state index in [0.29, 0.717) is 17.8 Å². The average Bonchev–Trinajstić information content (AvgIpc) is 3.34. The van der Waals surface area contributed by atoms with Crippen LogP contribution >= 0.6 is 0 Å². The van der Waals surface area contributed by atoms with Gasteiger partial charge < -0.3 is 9.84 Å². The normalized spacial score (nSPS) is 31.8. The van der Waals surface area contributed by atoms with Crippen LogP contribution < -0.4 is 4.74 Å². The second kappa shape index (κ2) is 9.29. The van der Waals surface area contributed by atoms with E-state index in [4.69, 9.17) is 4.74 Å². The van der Waals surface area contributed by atoms with E-state index in [1.807, 2.05) is 24.1 Å². The number of hydrogen-bond acceptors (Lipinski definition) is 3. The molecule has 0 unspecified atom stereocenters. The Bertz CT molecular complexity index is 1010. The molecule has 0 radical (unpaired) electrons. The van der Waals surface area contributed by atoms with Crippen molar-refractivity contribution in [1.82, 2.24) is 9.78 Å². The summed E-state index contributed by atoms with van der Waals surface area (Å²) in [6.45, 7) is 5.42. The van der Waals surface area contributed by atoms with Crippen LogP contribution in [0.3, 0.4) is 0 Å². The molecular weight excluding hydrogens is 408 g/mol. The molecule has 0 aliphatic heterocycles. The number of nitrogens with zero attached hydrogens (tertiary/aromatic N) is 2. The third-order valence-corrected chi connectivity index (χ3v) is 8.91. The van der Waals surface area contributed by atoms with Gasteiger partial charge in [-0.05, 0) is 85.1 Å². The molecule has 0 saturated heterocycles. The predicted octanol–water partition coefficient (Wildman–Crippen LogP) is 6.29. The molecule has 2 fully saturated rings. The zero-order valence-corrected chi connectivity index (χ0v) is 20.6. The maximum absolute atomic E-state index is 11.4. The molecule has 4 heteroatoms. The van der Waals surface area contributed by atoms with E-state index in [1.165, 1.54) is 43.2 Å². The Hall–Kier alpha value is -2.07. The maximum Gasteiger partial charge on any atom is 0.119 e. The fraction of sp³-hybridized carbons (Fsp3) is 0.621. The number of fused-ring (bicyclic) bond motifs is 5. The summed E-state index contributed by atoms with van der Waals surface area (Å²) in [6, 6.07) is 6.87. The van der Waals surface area contributed by atoms with Crippen LogP contribution in [0.1, 0.15) is 87.8 Å². The van der Waals surface area contributed by atoms with Gasteiger partial charge in [-0.25, -0.2) is 0 Å². The molecule has 4 nitrogen and oxygen atoms in total. The molecule has 0 amide bonds. The van der Waals surface area contributed by atoms with Crippen LogP contribution in [0.4, 0.5) is 0 Å². The van der Waals surface area contributed by atoms with Crippen molar-refractivity contribution >= 4 is 6.08 Å². The Morgan fingerprint density at radius 3 is 2.91 bits per heavy atom. The molecule has 1 heterocycles. The lowest BCUT2D eigenvalue weighted by Gasteiger charge is -2.49. The van der Waals surface area contributed by atoms with Crippen LogP contribution in [0, 0.1) is 17.3 Å². The van der Waals surface area contributed by atoms with Crippen LogP contribution in [-0.4, -0.2) is 27.6 Å². The highest BCUT2D eigenvalue weighted by Crippen LogP contribution is 2.62. The summed E-state index contributed by atoms with van der Waals surface area (Å²) in [7, 11) is 1.95. The molecular formula is C29H40N2O2. The van der Waals surface area contributed by atoms with Gasteiger partial charge in [-0.2, -0.15) is 5.10 Å². The predicted molar refractivity (Wildman–Crippen MR) is 133 cm³/mol. The van der Waals surface area contributed by atoms with Crippen LogP contribution in [0.5, 0.6) is 5.75 Å². The minimum absolute atomic E-state index is 0.00570. The summed E-state index contributed by atoms with van der Waals surface area (Å²) >= 11 is 0. The van der Waals surface area contributed by atoms with Crippen molar-refractivity contribution in [1.29, 1.82) is 0 Å². The summed E-state index contributed by atoms with van der Waals surface area (Å²) in [5, 5.41) is 15.7. The van der Waals surface area contributed by atoms with Crippen molar-refractivity contribution in [3.05, 3.63) is 52.9 Å². The average molecular weight is 449 g/mol. The van der Waals surface area contributed by atoms with Gasteiger partial charge in [0.15, 0.2) is 0 Å². The summed E-state index contributed by atoms with van der Waals surface area (Å²) in [4.78, 5) is 0. The number of aryl methyl sites for hydroxylation is 2. The topological polar surface area (TPSA) is 47.3 Å². The maximum atomic E-state index is 11.4. The fourth-order valence-electron chi connectivity index (χ4n) is 7.09. The molecule has 3 aliphatic rings. The van der Waals surface area contributed by atoms with Gasteiger partial charge in [-0.3, -0.25) is 4.68 Å². The first kappa shape index (κ1) is 22.7. The Kier molecular flexibility index (Phi) is 6.39. The van der Waals surface area contributed by atoms with Gasteiger partial charge in [0.25, 0.3) is 0 Å². The highest BCUT2D eigenvalue weighted by molar-refractivity contribution is 5.54. The van der Waals surface area contributed by atoms with E-state index < -0.39 is 0 Å². The molecule has 1 aromatic heterocycles. The van der Waals surface area contributed by atoms with E-state index in [1.54, 1.807) is 5.56 Å². The molecule has 5 rings (SSSR count). The summed E-state index contributed by atoms with van der Waals surface area (Å²) in [6.07, 6.45) is 16.4. The summed E-state index contributed by atoms with van der Waals surface area (Å²) < 4.78 is 7.91. The molecule has 33 heavy (non-hydrogen) atoms. The van der Waals surface area contributed by atoms with Crippen molar-refractivity contribution in [3.63, 3.8) is 0 Å². The number of aromatic nitrogens is 2. The van der Waals surface area contributed by atoms with Crippen molar-refractivity contribution in [2.45, 2.75) is 83.7 Å². The highest BCUT2D eigenvalue weighted by Gasteiger charge is 2.56. The monoisotopic (exact) mass is 448 g/mol. The van der Waals surface area contributed by atoms with Crippen molar-refractivity contribution < 1.29 is 9.84 Å². The van der Waals surface area contributed by atoms with Crippen molar-refractivity contribution in [2.24, 2.45) is 24.3 Å². The quantitative estimate of drug-likeness (QED) is 0.506. The van der Waals surface area contributed by atoms with Crippen LogP contribution in [0.15, 0.2) is 36.2 Å². The first-order chi connectivity index (χ1) is 16.0. The molecule has 0 spiro atoms. The summed E-state index contributed by atoms with van der Waals surface area (Å²) in [5.41, 5.74) is 5.34. The lowest BCUT2D eigenvalue weighted by molar-refractivity contribution is -0.0158. The largest absolute Gasteiger partial charge is 0.494 e. The van der Waals surface area contributed by atoms with Gasteiger partial charge in [-0.1, -0.05) is 45.3 Å². The Morgan fingerprint density at radius 1 is 1.24 bits per heavy atom. The fourth-order valence-corrected chi connectivity index (χ4v) is 7.09. The molecule has 0 bridgehead atoms. The van der Waals surface area contributed by atoms with Gasteiger partial charge >= 0.3 is 0 Å². The van der Waals surface area contributed by atoms with E-state index in [-0.39, 0.29) is 11.5 Å². The number of unbranched alkanes of at least 4 members (excludes halogenated alkanes) is 3. The Labute approximate surface area is 199 Å². The van der Waals surface area contributed by atoms with Crippen LogP contribution in [0.25, 0.3) is 6.08 Å². The molecule has 3 aliphatic carbocycles. The number of aliphatic hydroxyl groups excluding tert-OH is 1. The van der Waals surface area contributed by atoms with Crippen molar-refractivity contribution in [3.8, 4) is 5.75 Å². The molecule has 5 atom stereocenters. The van der Waals surface area contributed by atoms with E-state index in [0.717, 1.165) is 43.6 Å². The smallest absolute Gasteiger partial charge is 0.119 e. The minimum atomic E-state index is -0.339. The Morgan fingerprint density at radius 2 is 2.12 bits per heavy atom. The minimum Gasteiger partial charge on any atom is -0.494 e. The third kappa shape index (κ3) is 4.27. The van der Waals surface area contributed by atoms with E-state index in [2.05, 4.69) is 43.2 Å². The second-order valence-corrected chi connectivity index (χ2v) is 11.0. The zero-order chi connectivity index (χ0) is 23.0. The second-order valence-electron chi connectivity index (χ2n) is 11.0. The van der Waals surface area contributed by atoms with Crippen molar-refractivity contribution in [2.75, 3.05) is 6.61 Å². The van der Waals surface area contributed by atoms with Crippen LogP contribution in [0.2, 0.25) is 0 Å². The SMILES string of the molecule is CCCCCCOc1ccc2c(c1)CC[C@H]1[C@@H]2CC[C@]2(C)[C@@H]1C/C(=C\c1cnn(C)c1)[C@@H]2O. The lowest BCUT2D eigenvalue weighted by atomic mass is 9.55. The Balaban J connectivity index is 1.31. The summed E-state index contributed by atoms with van der Waals surface area (Å²) in [5.74, 6) is 2.88. The molecule has 1 aromatic carbocycles. The van der Waals surface area contributed by atoms with Gasteiger partial charge in [0.1, 0.15) is 5.75 Å². The van der Waals surface area contributed by atoms with E-state index in [9.17, 15) is 5.11 Å². The van der Waals surface area contributed by atoms with Gasteiger partial charge in [0.2, 0.25) is 0 Å². The number of aliphatic hydroxyl groups is 1. The highest BCUT2D eigenvalue weighted by atomic mass is 16.5. The number of benzene rings is 1. The lowest BCUT2D eigenvalue weighted by Crippen LogP contribution is -2.44. The number of hydrogen-bond donors (Lipinski definition) is 1. The standard InChI is InChI=1S/C29H40N2O2/c1-4-5-6-7-14-33-23-9-11-24-21(16-23)8-10-26-25(24)12-13-29(2)27(26)17-22(28(29)32)15-20-18-30-31(3)19-20/h9,11,15-16,18-19,25-28,32H,4-8,10,12-14,17H2,1-3H3/b22-15+/t25-,26+,27-,28+,29-/m1/s1. The molecule has 2 aromatic rings. The molecule has 1 N–H and O–H groups in total. The van der Waals surface area contributed by atoms with E-state index >= 15 is 0 Å². The third-order valence-electron chi connectivity index (χ3n) is 8.91. The number of rotatable bonds is 7. The van der Waals surface area contributed by atoms with Crippen LogP contribution in [-0.2, 0) is 13.5 Å². The first-order valence-electron chi connectivity index (χ1n) is 13.1. The zero-order valence-electron chi connectivity index (χ0n) is 20.6. The first-order valence-corrected chi connectivity index (χ1v) is 13.1. The van der Waals surface area contributed by atoms with Gasteiger partial charge in [0.05, 0.1) is 18.9 Å². The van der Waals surface area contributed by atoms with Gasteiger partial charge in [0, 0.05) is 24.2 Å².